The van der Waals surface area contributed by atoms with Crippen molar-refractivity contribution in [2.75, 3.05) is 0 Å². The molecule has 0 aromatic carbocycles. The van der Waals surface area contributed by atoms with E-state index in [9.17, 15) is 0 Å². The zero-order chi connectivity index (χ0) is 4.41. The molecule has 0 N–H and O–H groups in total. The van der Waals surface area contributed by atoms with E-state index in [0.717, 1.165) is 48.8 Å². The predicted molar refractivity (Wildman–Crippen MR) is 24.1 cm³/mol. The van der Waals surface area contributed by atoms with Crippen LogP contribution in [0.1, 0.15) is 0 Å². The minimum atomic E-state index is 0.719. The van der Waals surface area contributed by atoms with Crippen molar-refractivity contribution in [3.8, 4) is 0 Å². The third-order valence-electron chi connectivity index (χ3n) is 0.663. The summed E-state index contributed by atoms with van der Waals surface area (Å²) in [4.78, 5) is 0. The van der Waals surface area contributed by atoms with E-state index in [-0.39, 0.29) is 0 Å². The van der Waals surface area contributed by atoms with Crippen molar-refractivity contribution < 1.29 is 4.42 Å². The first-order valence-corrected chi connectivity index (χ1v) is 3.46. The van der Waals surface area contributed by atoms with Crippen molar-refractivity contribution in [3.63, 3.8) is 0 Å². The third-order valence-corrected chi connectivity index (χ3v) is 1.55. The van der Waals surface area contributed by atoms with E-state index in [1.807, 2.05) is 12.1 Å². The summed E-state index contributed by atoms with van der Waals surface area (Å²) in [5.41, 5.74) is 0. The van der Waals surface area contributed by atoms with Crippen LogP contribution in [0.5, 0.6) is 0 Å². The molecule has 0 bridgehead atoms. The van der Waals surface area contributed by atoms with E-state index in [0.29, 0.717) is 0 Å². The van der Waals surface area contributed by atoms with Crippen LogP contribution in [0, 0.1) is 0 Å². The fraction of sp³-hybridized carbons (Fsp3) is 0. The van der Waals surface area contributed by atoms with Gasteiger partial charge in [-0.3, -0.25) is 0 Å². The van der Waals surface area contributed by atoms with Gasteiger partial charge in [0.2, 0.25) is 0 Å². The Morgan fingerprint density at radius 3 is 2.67 bits per heavy atom. The number of hydrogen-bond acceptors (Lipinski definition) is 1. The summed E-state index contributed by atoms with van der Waals surface area (Å²) in [5.74, 6) is 0. The molecule has 26 valence electrons. The predicted octanol–water partition coefficient (Wildman–Crippen LogP) is 0.0734. The second-order valence-corrected chi connectivity index (χ2v) is 2.76. The van der Waals surface area contributed by atoms with Gasteiger partial charge in [0.15, 0.2) is 0 Å². The van der Waals surface area contributed by atoms with Crippen molar-refractivity contribution >= 4 is 48.8 Å². The van der Waals surface area contributed by atoms with Gasteiger partial charge in [0, 0.05) is 0 Å². The Labute approximate surface area is 70.3 Å². The topological polar surface area (TPSA) is 13.1 Å². The summed E-state index contributed by atoms with van der Waals surface area (Å²) in [6.07, 6.45) is 1.71. The summed E-state index contributed by atoms with van der Waals surface area (Å²) < 4.78 is 6.07. The standard InChI is InChI=1S/C4H3O.K/c1-2-4-5-3-1;/h1-3H;. The molecule has 1 aromatic rings. The van der Waals surface area contributed by atoms with Crippen LogP contribution in [0.25, 0.3) is 0 Å². The van der Waals surface area contributed by atoms with Crippen molar-refractivity contribution in [3.05, 3.63) is 18.4 Å². The zero-order valence-corrected chi connectivity index (χ0v) is 6.76. The van der Waals surface area contributed by atoms with E-state index in [1.165, 1.54) is 0 Å². The molecule has 0 radical (unpaired) electrons. The van der Waals surface area contributed by atoms with Crippen LogP contribution in [0.2, 0.25) is 0 Å². The Bertz CT molecular complexity index is 111. The summed E-state index contributed by atoms with van der Waals surface area (Å²) >= 11 is 0.719. The normalized spacial score (nSPS) is 9.00. The van der Waals surface area contributed by atoms with Gasteiger partial charge in [-0.1, -0.05) is 0 Å². The molecule has 1 heterocycles. The Morgan fingerprint density at radius 2 is 2.50 bits per heavy atom. The van der Waals surface area contributed by atoms with Gasteiger partial charge in [-0.05, 0) is 0 Å². The molecular weight excluding hydrogens is 103 g/mol. The zero-order valence-electron chi connectivity index (χ0n) is 3.64. The molecule has 0 aliphatic heterocycles. The van der Waals surface area contributed by atoms with Crippen molar-refractivity contribution in [2.24, 2.45) is 0 Å². The summed E-state index contributed by atoms with van der Waals surface area (Å²) in [6, 6.07) is 3.92. The van der Waals surface area contributed by atoms with Gasteiger partial charge in [0.05, 0.1) is 0 Å². The van der Waals surface area contributed by atoms with E-state index in [1.54, 1.807) is 6.26 Å². The molecule has 0 saturated heterocycles. The van der Waals surface area contributed by atoms with Crippen LogP contribution >= 0.6 is 0 Å². The first-order chi connectivity index (χ1) is 2.89. The van der Waals surface area contributed by atoms with E-state index < -0.39 is 0 Å². The van der Waals surface area contributed by atoms with Crippen LogP contribution in [-0.4, -0.2) is 49.0 Å². The quantitative estimate of drug-likeness (QED) is 0.427. The molecule has 6 heavy (non-hydrogen) atoms. The molecule has 0 aliphatic carbocycles. The fourth-order valence-corrected chi connectivity index (χ4v) is 0.874. The first-order valence-electron chi connectivity index (χ1n) is 1.90. The molecule has 0 saturated carbocycles. The van der Waals surface area contributed by atoms with Crippen molar-refractivity contribution in [1.29, 1.82) is 0 Å². The fourth-order valence-electron chi connectivity index (χ4n) is 0.361. The van der Waals surface area contributed by atoms with Gasteiger partial charge in [0.25, 0.3) is 0 Å². The maximum atomic E-state index is 4.92. The monoisotopic (exact) mass is 106 g/mol. The van der Waals surface area contributed by atoms with Crippen LogP contribution in [0.15, 0.2) is 22.8 Å². The maximum absolute atomic E-state index is 4.92. The van der Waals surface area contributed by atoms with E-state index in [4.69, 9.17) is 4.42 Å². The van der Waals surface area contributed by atoms with Crippen LogP contribution in [0.4, 0.5) is 0 Å². The Morgan fingerprint density at radius 1 is 1.67 bits per heavy atom. The van der Waals surface area contributed by atoms with Crippen molar-refractivity contribution in [2.45, 2.75) is 0 Å². The van der Waals surface area contributed by atoms with Gasteiger partial charge in [-0.2, -0.15) is 0 Å². The third kappa shape index (κ3) is 1.20. The summed E-state index contributed by atoms with van der Waals surface area (Å²) in [5, 5.41) is 0. The molecular formula is C4H3KO. The van der Waals surface area contributed by atoms with Gasteiger partial charge in [-0.25, -0.2) is 0 Å². The second-order valence-electron chi connectivity index (χ2n) is 1.22. The molecule has 1 aromatic heterocycles. The van der Waals surface area contributed by atoms with Gasteiger partial charge < -0.3 is 0 Å². The van der Waals surface area contributed by atoms with E-state index in [2.05, 4.69) is 0 Å². The summed E-state index contributed by atoms with van der Waals surface area (Å²) in [6.45, 7) is 0. The summed E-state index contributed by atoms with van der Waals surface area (Å²) in [7, 11) is 0. The molecule has 0 aliphatic rings. The molecule has 1 nitrogen and oxygen atoms in total. The van der Waals surface area contributed by atoms with Crippen LogP contribution < -0.4 is -0.145 Å². The Balaban J connectivity index is 3.05. The van der Waals surface area contributed by atoms with Gasteiger partial charge >= 0.3 is 71.6 Å². The molecule has 0 atom stereocenters. The Hall–Kier alpha value is 0.916. The molecule has 1 rings (SSSR count). The molecule has 0 fully saturated rings. The SMILES string of the molecule is [K][c]1ccco1. The van der Waals surface area contributed by atoms with Crippen LogP contribution in [-0.2, 0) is 0 Å². The number of rotatable bonds is 0. The first kappa shape index (κ1) is 5.06. The minimum absolute atomic E-state index is 0.719. The molecule has 0 amide bonds. The average molecular weight is 106 g/mol. The van der Waals surface area contributed by atoms with Crippen molar-refractivity contribution in [1.82, 2.24) is 0 Å². The molecule has 0 spiro atoms. The molecule has 2 heteroatoms. The van der Waals surface area contributed by atoms with Gasteiger partial charge in [-0.15, -0.1) is 0 Å². The van der Waals surface area contributed by atoms with Crippen LogP contribution in [0.3, 0.4) is 0 Å². The van der Waals surface area contributed by atoms with E-state index >= 15 is 0 Å². The number of hydrogen-bond donors (Lipinski definition) is 0. The molecule has 0 unspecified atom stereocenters. The average Bonchev–Trinajstić information content (AvgIpc) is 1.86. The Kier molecular flexibility index (Phi) is 1.92. The van der Waals surface area contributed by atoms with Gasteiger partial charge in [0.1, 0.15) is 0 Å². The number of furan rings is 1. The second kappa shape index (κ2) is 2.28.